The first-order valence-corrected chi connectivity index (χ1v) is 4.78. The van der Waals surface area contributed by atoms with Crippen LogP contribution in [0.2, 0.25) is 0 Å². The van der Waals surface area contributed by atoms with Crippen LogP contribution in [0.3, 0.4) is 0 Å². The molecule has 16 heavy (non-hydrogen) atoms. The van der Waals surface area contributed by atoms with Crippen LogP contribution in [0, 0.1) is 0 Å². The average molecular weight is 246 g/mol. The second-order valence-electron chi connectivity index (χ2n) is 3.98. The standard InChI is InChI=1S/C8H11BF6N/c1-6(9(13,14)15)4-16(7-2-3-7)5-8(10,11)12/h7H,1-5H2/q-1. The van der Waals surface area contributed by atoms with Crippen LogP contribution in [0.15, 0.2) is 12.1 Å². The minimum atomic E-state index is -5.25. The molecule has 1 aliphatic rings. The number of rotatable bonds is 5. The summed E-state index contributed by atoms with van der Waals surface area (Å²) < 4.78 is 72.8. The van der Waals surface area contributed by atoms with Gasteiger partial charge in [0.1, 0.15) is 0 Å². The van der Waals surface area contributed by atoms with Gasteiger partial charge in [0.25, 0.3) is 0 Å². The van der Waals surface area contributed by atoms with E-state index in [1.54, 1.807) is 0 Å². The van der Waals surface area contributed by atoms with Crippen LogP contribution in [0.5, 0.6) is 0 Å². The summed E-state index contributed by atoms with van der Waals surface area (Å²) in [7, 11) is 0. The van der Waals surface area contributed by atoms with Crippen LogP contribution in [0.1, 0.15) is 12.8 Å². The highest BCUT2D eigenvalue weighted by Crippen LogP contribution is 2.32. The molecule has 0 unspecified atom stereocenters. The van der Waals surface area contributed by atoms with Crippen LogP contribution in [-0.2, 0) is 0 Å². The van der Waals surface area contributed by atoms with E-state index in [0.29, 0.717) is 12.8 Å². The molecule has 0 aromatic rings. The Morgan fingerprint density at radius 3 is 2.06 bits per heavy atom. The lowest BCUT2D eigenvalue weighted by atomic mass is 9.80. The lowest BCUT2D eigenvalue weighted by Gasteiger charge is -2.28. The highest BCUT2D eigenvalue weighted by Gasteiger charge is 2.39. The minimum absolute atomic E-state index is 0.378. The quantitative estimate of drug-likeness (QED) is 0.532. The monoisotopic (exact) mass is 246 g/mol. The van der Waals surface area contributed by atoms with Gasteiger partial charge in [-0.1, -0.05) is 0 Å². The van der Waals surface area contributed by atoms with Crippen molar-refractivity contribution in [2.75, 3.05) is 13.1 Å². The van der Waals surface area contributed by atoms with Crippen LogP contribution >= 0.6 is 0 Å². The molecule has 0 N–H and O–H groups in total. The van der Waals surface area contributed by atoms with Gasteiger partial charge in [0.2, 0.25) is 0 Å². The van der Waals surface area contributed by atoms with Gasteiger partial charge in [0.15, 0.2) is 0 Å². The van der Waals surface area contributed by atoms with Crippen LogP contribution in [0.4, 0.5) is 26.1 Å². The Hall–Kier alpha value is -0.655. The lowest BCUT2D eigenvalue weighted by molar-refractivity contribution is -0.146. The zero-order valence-electron chi connectivity index (χ0n) is 8.41. The van der Waals surface area contributed by atoms with Gasteiger partial charge in [-0.25, -0.2) is 0 Å². The van der Waals surface area contributed by atoms with Crippen molar-refractivity contribution < 1.29 is 26.1 Å². The molecule has 0 amide bonds. The fourth-order valence-electron chi connectivity index (χ4n) is 1.35. The first-order valence-electron chi connectivity index (χ1n) is 4.78. The van der Waals surface area contributed by atoms with E-state index in [0.717, 1.165) is 4.90 Å². The summed E-state index contributed by atoms with van der Waals surface area (Å²) in [6, 6.07) is -0.378. The molecule has 1 aliphatic carbocycles. The molecule has 0 radical (unpaired) electrons. The van der Waals surface area contributed by atoms with Gasteiger partial charge < -0.3 is 12.9 Å². The number of nitrogens with zero attached hydrogens (tertiary/aromatic N) is 1. The number of halogens is 6. The van der Waals surface area contributed by atoms with E-state index in [-0.39, 0.29) is 6.04 Å². The number of alkyl halides is 3. The maximum Gasteiger partial charge on any atom is 0.506 e. The van der Waals surface area contributed by atoms with Crippen molar-refractivity contribution >= 4 is 6.98 Å². The topological polar surface area (TPSA) is 3.24 Å². The molecule has 0 spiro atoms. The van der Waals surface area contributed by atoms with Gasteiger partial charge >= 0.3 is 13.2 Å². The SMILES string of the molecule is C=C(CN(CC(F)(F)F)C1CC1)[B-](F)(F)F. The van der Waals surface area contributed by atoms with Gasteiger partial charge in [-0.3, -0.25) is 4.90 Å². The Bertz CT molecular complexity index is 267. The van der Waals surface area contributed by atoms with Crippen LogP contribution in [-0.4, -0.2) is 37.2 Å². The summed E-state index contributed by atoms with van der Waals surface area (Å²) >= 11 is 0. The molecular formula is C8H11BF6N-. The Kier molecular flexibility index (Phi) is 3.61. The molecular weight excluding hydrogens is 235 g/mol. The first-order chi connectivity index (χ1) is 7.09. The second-order valence-corrected chi connectivity index (χ2v) is 3.98. The zero-order chi connectivity index (χ0) is 12.6. The van der Waals surface area contributed by atoms with Gasteiger partial charge in [-0.15, -0.1) is 12.1 Å². The van der Waals surface area contributed by atoms with Crippen molar-refractivity contribution in [3.05, 3.63) is 12.1 Å². The van der Waals surface area contributed by atoms with E-state index in [1.165, 1.54) is 0 Å². The molecule has 1 saturated carbocycles. The fraction of sp³-hybridized carbons (Fsp3) is 0.750. The Balaban J connectivity index is 2.55. The maximum absolute atomic E-state index is 12.2. The third-order valence-electron chi connectivity index (χ3n) is 2.31. The summed E-state index contributed by atoms with van der Waals surface area (Å²) in [6.07, 6.45) is -3.43. The highest BCUT2D eigenvalue weighted by atomic mass is 19.4. The Labute approximate surface area is 89.2 Å². The predicted molar refractivity (Wildman–Crippen MR) is 48.9 cm³/mol. The average Bonchev–Trinajstić information content (AvgIpc) is 2.79. The van der Waals surface area contributed by atoms with Crippen molar-refractivity contribution in [3.63, 3.8) is 0 Å². The van der Waals surface area contributed by atoms with Crippen molar-refractivity contribution in [2.24, 2.45) is 0 Å². The molecule has 94 valence electrons. The van der Waals surface area contributed by atoms with Gasteiger partial charge in [0, 0.05) is 6.04 Å². The first kappa shape index (κ1) is 13.4. The molecule has 0 aromatic heterocycles. The van der Waals surface area contributed by atoms with Gasteiger partial charge in [-0.2, -0.15) is 13.2 Å². The Morgan fingerprint density at radius 2 is 1.75 bits per heavy atom. The van der Waals surface area contributed by atoms with E-state index in [9.17, 15) is 26.1 Å². The highest BCUT2D eigenvalue weighted by molar-refractivity contribution is 6.66. The Morgan fingerprint density at radius 1 is 1.25 bits per heavy atom. The summed E-state index contributed by atoms with van der Waals surface area (Å²) in [6.45, 7) is -4.50. The van der Waals surface area contributed by atoms with E-state index < -0.39 is 31.7 Å². The molecule has 8 heteroatoms. The molecule has 1 nitrogen and oxygen atoms in total. The molecule has 0 heterocycles. The smallest absolute Gasteiger partial charge is 0.445 e. The van der Waals surface area contributed by atoms with Crippen LogP contribution < -0.4 is 0 Å². The second kappa shape index (κ2) is 4.31. The van der Waals surface area contributed by atoms with Crippen molar-refractivity contribution in [2.45, 2.75) is 25.1 Å². The molecule has 0 bridgehead atoms. The zero-order valence-corrected chi connectivity index (χ0v) is 8.41. The van der Waals surface area contributed by atoms with E-state index in [1.807, 2.05) is 0 Å². The van der Waals surface area contributed by atoms with Crippen LogP contribution in [0.25, 0.3) is 0 Å². The van der Waals surface area contributed by atoms with E-state index >= 15 is 0 Å². The molecule has 0 atom stereocenters. The van der Waals surface area contributed by atoms with Crippen molar-refractivity contribution in [3.8, 4) is 0 Å². The normalized spacial score (nSPS) is 17.9. The van der Waals surface area contributed by atoms with Crippen molar-refractivity contribution in [1.82, 2.24) is 4.90 Å². The fourth-order valence-corrected chi connectivity index (χ4v) is 1.35. The third-order valence-corrected chi connectivity index (χ3v) is 2.31. The van der Waals surface area contributed by atoms with E-state index in [2.05, 4.69) is 6.58 Å². The number of hydrogen-bond donors (Lipinski definition) is 0. The summed E-state index contributed by atoms with van der Waals surface area (Å²) in [5.74, 6) is 0. The maximum atomic E-state index is 12.2. The third kappa shape index (κ3) is 4.46. The predicted octanol–water partition coefficient (Wildman–Crippen LogP) is 2.96. The summed E-state index contributed by atoms with van der Waals surface area (Å²) in [5, 5.41) is 0. The van der Waals surface area contributed by atoms with Gasteiger partial charge in [0.05, 0.1) is 6.54 Å². The van der Waals surface area contributed by atoms with Gasteiger partial charge in [-0.05, 0) is 19.4 Å². The number of hydrogen-bond acceptors (Lipinski definition) is 1. The molecule has 0 aliphatic heterocycles. The minimum Gasteiger partial charge on any atom is -0.445 e. The largest absolute Gasteiger partial charge is 0.506 e. The summed E-state index contributed by atoms with van der Waals surface area (Å²) in [4.78, 5) is 0.803. The molecule has 0 saturated heterocycles. The molecule has 1 rings (SSSR count). The lowest BCUT2D eigenvalue weighted by Crippen LogP contribution is -2.40. The molecule has 0 aromatic carbocycles. The van der Waals surface area contributed by atoms with E-state index in [4.69, 9.17) is 0 Å². The summed E-state index contributed by atoms with van der Waals surface area (Å²) in [5.41, 5.74) is -1.07. The van der Waals surface area contributed by atoms with Crippen molar-refractivity contribution in [1.29, 1.82) is 0 Å². The molecule has 1 fully saturated rings.